The highest BCUT2D eigenvalue weighted by Gasteiger charge is 2.12. The molecule has 28 heavy (non-hydrogen) atoms. The van der Waals surface area contributed by atoms with Crippen LogP contribution in [0.1, 0.15) is 17.4 Å². The maximum Gasteiger partial charge on any atom is 0.164 e. The van der Waals surface area contributed by atoms with E-state index >= 15 is 0 Å². The van der Waals surface area contributed by atoms with E-state index in [-0.39, 0.29) is 0 Å². The van der Waals surface area contributed by atoms with Crippen molar-refractivity contribution in [3.63, 3.8) is 0 Å². The first-order valence-electron chi connectivity index (χ1n) is 9.34. The van der Waals surface area contributed by atoms with E-state index in [1.807, 2.05) is 24.3 Å². The average molecular weight is 391 g/mol. The van der Waals surface area contributed by atoms with Crippen molar-refractivity contribution in [2.75, 3.05) is 19.0 Å². The summed E-state index contributed by atoms with van der Waals surface area (Å²) in [4.78, 5) is 16.1. The fourth-order valence-corrected chi connectivity index (χ4v) is 4.02. The lowest BCUT2D eigenvalue weighted by Gasteiger charge is -2.09. The molecule has 6 heteroatoms. The molecule has 142 valence electrons. The molecule has 0 amide bonds. The van der Waals surface area contributed by atoms with Gasteiger partial charge in [-0.25, -0.2) is 9.97 Å². The molecule has 0 spiro atoms. The summed E-state index contributed by atoms with van der Waals surface area (Å²) in [5.74, 6) is 2.46. The molecule has 1 N–H and O–H groups in total. The second-order valence-electron chi connectivity index (χ2n) is 6.45. The van der Waals surface area contributed by atoms with Gasteiger partial charge in [0.1, 0.15) is 16.4 Å². The van der Waals surface area contributed by atoms with Crippen molar-refractivity contribution in [1.82, 2.24) is 15.0 Å². The van der Waals surface area contributed by atoms with E-state index in [4.69, 9.17) is 14.7 Å². The average Bonchev–Trinajstić information content (AvgIpc) is 3.18. The van der Waals surface area contributed by atoms with Crippen molar-refractivity contribution in [3.05, 3.63) is 65.3 Å². The summed E-state index contributed by atoms with van der Waals surface area (Å²) in [5.41, 5.74) is 2.15. The van der Waals surface area contributed by atoms with Gasteiger partial charge < -0.3 is 10.1 Å². The summed E-state index contributed by atoms with van der Waals surface area (Å²) in [5, 5.41) is 4.60. The van der Waals surface area contributed by atoms with E-state index in [0.29, 0.717) is 5.82 Å². The van der Waals surface area contributed by atoms with Crippen LogP contribution in [-0.2, 0) is 12.8 Å². The van der Waals surface area contributed by atoms with Gasteiger partial charge in [-0.05, 0) is 48.7 Å². The molecular formula is C22H22N4OS. The lowest BCUT2D eigenvalue weighted by molar-refractivity contribution is 0.414. The Morgan fingerprint density at radius 2 is 2.04 bits per heavy atom. The van der Waals surface area contributed by atoms with Crippen molar-refractivity contribution < 1.29 is 4.74 Å². The summed E-state index contributed by atoms with van der Waals surface area (Å²) >= 11 is 1.73. The SMILES string of the molecule is CCc1cc2c(NCCc3cccc(OC)c3)nc(-c3cccnc3)nc2s1. The molecule has 5 nitrogen and oxygen atoms in total. The van der Waals surface area contributed by atoms with E-state index in [0.717, 1.165) is 46.7 Å². The Hall–Kier alpha value is -2.99. The van der Waals surface area contributed by atoms with Crippen LogP contribution in [0.25, 0.3) is 21.6 Å². The van der Waals surface area contributed by atoms with Crippen molar-refractivity contribution in [3.8, 4) is 17.1 Å². The number of hydrogen-bond donors (Lipinski definition) is 1. The largest absolute Gasteiger partial charge is 0.497 e. The second-order valence-corrected chi connectivity index (χ2v) is 7.57. The number of anilines is 1. The number of benzene rings is 1. The van der Waals surface area contributed by atoms with E-state index in [9.17, 15) is 0 Å². The number of hydrogen-bond acceptors (Lipinski definition) is 6. The fraction of sp³-hybridized carbons (Fsp3) is 0.227. The highest BCUT2D eigenvalue weighted by atomic mass is 32.1. The van der Waals surface area contributed by atoms with Gasteiger partial charge >= 0.3 is 0 Å². The monoisotopic (exact) mass is 390 g/mol. The number of ether oxygens (including phenoxy) is 1. The van der Waals surface area contributed by atoms with Gasteiger partial charge in [0.15, 0.2) is 5.82 Å². The van der Waals surface area contributed by atoms with E-state index in [1.165, 1.54) is 10.4 Å². The number of aromatic nitrogens is 3. The van der Waals surface area contributed by atoms with Gasteiger partial charge in [0.2, 0.25) is 0 Å². The van der Waals surface area contributed by atoms with Crippen LogP contribution in [0.5, 0.6) is 5.75 Å². The van der Waals surface area contributed by atoms with Gasteiger partial charge in [0, 0.05) is 29.4 Å². The number of methoxy groups -OCH3 is 1. The Morgan fingerprint density at radius 1 is 1.11 bits per heavy atom. The first-order valence-corrected chi connectivity index (χ1v) is 10.2. The normalized spacial score (nSPS) is 10.9. The third-order valence-corrected chi connectivity index (χ3v) is 5.73. The number of fused-ring (bicyclic) bond motifs is 1. The summed E-state index contributed by atoms with van der Waals surface area (Å²) in [6.07, 6.45) is 5.44. The zero-order valence-corrected chi connectivity index (χ0v) is 16.8. The third kappa shape index (κ3) is 3.97. The summed E-state index contributed by atoms with van der Waals surface area (Å²) < 4.78 is 5.31. The minimum Gasteiger partial charge on any atom is -0.497 e. The molecule has 0 radical (unpaired) electrons. The molecule has 0 saturated heterocycles. The Labute approximate surface area is 168 Å². The molecular weight excluding hydrogens is 368 g/mol. The third-order valence-electron chi connectivity index (χ3n) is 4.55. The maximum atomic E-state index is 5.31. The van der Waals surface area contributed by atoms with Crippen molar-refractivity contribution in [1.29, 1.82) is 0 Å². The number of rotatable bonds is 7. The van der Waals surface area contributed by atoms with Gasteiger partial charge in [-0.15, -0.1) is 11.3 Å². The molecule has 3 aromatic heterocycles. The zero-order valence-electron chi connectivity index (χ0n) is 16.0. The number of nitrogens with zero attached hydrogens (tertiary/aromatic N) is 3. The van der Waals surface area contributed by atoms with Crippen LogP contribution in [0, 0.1) is 0 Å². The lowest BCUT2D eigenvalue weighted by atomic mass is 10.1. The number of thiophene rings is 1. The smallest absolute Gasteiger partial charge is 0.164 e. The Kier molecular flexibility index (Phi) is 5.48. The quantitative estimate of drug-likeness (QED) is 0.482. The van der Waals surface area contributed by atoms with Gasteiger partial charge in [-0.2, -0.15) is 0 Å². The predicted octanol–water partition coefficient (Wildman–Crippen LogP) is 4.98. The van der Waals surface area contributed by atoms with Crippen molar-refractivity contribution >= 4 is 27.4 Å². The van der Waals surface area contributed by atoms with E-state index in [1.54, 1.807) is 30.8 Å². The molecule has 3 heterocycles. The molecule has 0 saturated carbocycles. The highest BCUT2D eigenvalue weighted by Crippen LogP contribution is 2.31. The van der Waals surface area contributed by atoms with E-state index in [2.05, 4.69) is 35.4 Å². The minimum atomic E-state index is 0.703. The van der Waals surface area contributed by atoms with Crippen LogP contribution < -0.4 is 10.1 Å². The first kappa shape index (κ1) is 18.4. The molecule has 0 bridgehead atoms. The van der Waals surface area contributed by atoms with E-state index < -0.39 is 0 Å². The van der Waals surface area contributed by atoms with Crippen molar-refractivity contribution in [2.45, 2.75) is 19.8 Å². The molecule has 4 aromatic rings. The number of aryl methyl sites for hydroxylation is 1. The second kappa shape index (κ2) is 8.35. The summed E-state index contributed by atoms with van der Waals surface area (Å²) in [6.45, 7) is 2.94. The van der Waals surface area contributed by atoms with Crippen LogP contribution >= 0.6 is 11.3 Å². The maximum absolute atomic E-state index is 5.31. The number of pyridine rings is 1. The van der Waals surface area contributed by atoms with Crippen LogP contribution in [0.3, 0.4) is 0 Å². The van der Waals surface area contributed by atoms with Gasteiger partial charge in [0.25, 0.3) is 0 Å². The molecule has 0 atom stereocenters. The van der Waals surface area contributed by atoms with Crippen LogP contribution in [0.4, 0.5) is 5.82 Å². The molecule has 4 rings (SSSR count). The topological polar surface area (TPSA) is 59.9 Å². The van der Waals surface area contributed by atoms with Crippen LogP contribution in [0.2, 0.25) is 0 Å². The first-order chi connectivity index (χ1) is 13.8. The standard InChI is InChI=1S/C22H22N4OS/c1-3-18-13-19-21(24-11-9-15-6-4-8-17(12-15)27-2)25-20(26-22(19)28-18)16-7-5-10-23-14-16/h4-8,10,12-14H,3,9,11H2,1-2H3,(H,24,25,26). The molecule has 0 aliphatic rings. The van der Waals surface area contributed by atoms with Gasteiger partial charge in [0.05, 0.1) is 12.5 Å². The fourth-order valence-electron chi connectivity index (χ4n) is 3.06. The zero-order chi connectivity index (χ0) is 19.3. The summed E-state index contributed by atoms with van der Waals surface area (Å²) in [7, 11) is 1.69. The molecule has 0 unspecified atom stereocenters. The Bertz CT molecular complexity index is 1080. The minimum absolute atomic E-state index is 0.703. The van der Waals surface area contributed by atoms with Gasteiger partial charge in [-0.3, -0.25) is 4.98 Å². The molecule has 0 fully saturated rings. The molecule has 1 aromatic carbocycles. The van der Waals surface area contributed by atoms with Crippen LogP contribution in [-0.4, -0.2) is 28.6 Å². The summed E-state index contributed by atoms with van der Waals surface area (Å²) in [6, 6.07) is 14.2. The number of nitrogens with one attached hydrogen (secondary N) is 1. The molecule has 0 aliphatic heterocycles. The van der Waals surface area contributed by atoms with Crippen molar-refractivity contribution in [2.24, 2.45) is 0 Å². The highest BCUT2D eigenvalue weighted by molar-refractivity contribution is 7.18. The predicted molar refractivity (Wildman–Crippen MR) is 115 cm³/mol. The Morgan fingerprint density at radius 3 is 2.82 bits per heavy atom. The van der Waals surface area contributed by atoms with Crippen LogP contribution in [0.15, 0.2) is 54.9 Å². The van der Waals surface area contributed by atoms with Gasteiger partial charge in [-0.1, -0.05) is 19.1 Å². The Balaban J connectivity index is 1.61. The molecule has 0 aliphatic carbocycles. The lowest BCUT2D eigenvalue weighted by Crippen LogP contribution is -2.07.